The summed E-state index contributed by atoms with van der Waals surface area (Å²) < 4.78 is 7.20. The molecule has 2 aliphatic carbocycles. The zero-order chi connectivity index (χ0) is 22.0. The first kappa shape index (κ1) is 23.3. The molecule has 0 bridgehead atoms. The van der Waals surface area contributed by atoms with E-state index in [2.05, 4.69) is 54.4 Å². The number of aromatic nitrogens is 1. The molecule has 2 saturated carbocycles. The highest BCUT2D eigenvalue weighted by atomic mass is 16.5. The molecule has 6 nitrogen and oxygen atoms in total. The maximum atomic E-state index is 12.5. The van der Waals surface area contributed by atoms with Crippen LogP contribution in [0.3, 0.4) is 0 Å². The van der Waals surface area contributed by atoms with E-state index in [-0.39, 0.29) is 16.7 Å². The predicted molar refractivity (Wildman–Crippen MR) is 119 cm³/mol. The van der Waals surface area contributed by atoms with Crippen molar-refractivity contribution < 1.29 is 14.6 Å². The molecule has 1 amide bonds. The molecule has 0 aromatic carbocycles. The summed E-state index contributed by atoms with van der Waals surface area (Å²) in [6.07, 6.45) is 7.12. The van der Waals surface area contributed by atoms with E-state index in [1.807, 2.05) is 6.92 Å². The number of aliphatic hydroxyl groups is 1. The lowest BCUT2D eigenvalue weighted by Crippen LogP contribution is -2.51. The molecule has 6 heteroatoms. The van der Waals surface area contributed by atoms with Gasteiger partial charge in [-0.25, -0.2) is 0 Å². The molecule has 170 valence electrons. The number of carbonyl (C=O) groups is 1. The summed E-state index contributed by atoms with van der Waals surface area (Å²) in [6, 6.07) is 4.58. The van der Waals surface area contributed by atoms with Crippen molar-refractivity contribution >= 4 is 5.91 Å². The van der Waals surface area contributed by atoms with Crippen LogP contribution in [-0.4, -0.2) is 47.5 Å². The monoisotopic (exact) mass is 419 g/mol. The van der Waals surface area contributed by atoms with Gasteiger partial charge in [0, 0.05) is 51.6 Å². The molecule has 0 unspecified atom stereocenters. The number of fused-ring (bicyclic) bond motifs is 1. The number of rotatable bonds is 9. The van der Waals surface area contributed by atoms with E-state index in [4.69, 9.17) is 4.74 Å². The van der Waals surface area contributed by atoms with E-state index in [1.54, 1.807) is 7.11 Å². The second-order valence-electron chi connectivity index (χ2n) is 10.6. The van der Waals surface area contributed by atoms with Gasteiger partial charge in [0.15, 0.2) is 0 Å². The van der Waals surface area contributed by atoms with Crippen molar-refractivity contribution in [1.29, 1.82) is 0 Å². The zero-order valence-corrected chi connectivity index (χ0v) is 19.5. The second kappa shape index (κ2) is 9.01. The number of nitrogens with zero attached hydrogens (tertiary/aromatic N) is 1. The van der Waals surface area contributed by atoms with Gasteiger partial charge in [-0.05, 0) is 67.9 Å². The minimum absolute atomic E-state index is 0.0372. The van der Waals surface area contributed by atoms with Crippen LogP contribution in [0.15, 0.2) is 18.3 Å². The molecular weight excluding hydrogens is 378 g/mol. The maximum Gasteiger partial charge on any atom is 0.220 e. The van der Waals surface area contributed by atoms with E-state index in [9.17, 15) is 9.90 Å². The normalized spacial score (nSPS) is 32.7. The van der Waals surface area contributed by atoms with Crippen molar-refractivity contribution in [3.8, 4) is 0 Å². The molecular formula is C24H41N3O3. The molecule has 3 rings (SSSR count). The molecule has 1 aromatic rings. The Morgan fingerprint density at radius 1 is 1.30 bits per heavy atom. The molecule has 0 radical (unpaired) electrons. The summed E-state index contributed by atoms with van der Waals surface area (Å²) in [6.45, 7) is 8.59. The van der Waals surface area contributed by atoms with E-state index in [1.165, 1.54) is 5.69 Å². The van der Waals surface area contributed by atoms with Crippen LogP contribution in [0.4, 0.5) is 0 Å². The summed E-state index contributed by atoms with van der Waals surface area (Å²) in [5.41, 5.74) is 0.823. The SMILES string of the molecule is COCCNC(=O)CC[C@@]12CC[C@@](C)(O)C[C@H]1C(C)(C)C[C@@H]2NCc1cccn1C. The Labute approximate surface area is 181 Å². The standard InChI is InChI=1S/C24H41N3O3/c1-22(2)16-20(26-17-18-7-6-13-27(18)4)24(9-8-21(28)25-12-14-30-5)11-10-23(3,29)15-19(22)24/h6-7,13,19-20,26,29H,8-12,14-17H2,1-5H3,(H,25,28)/t19-,20-,23+,24+/m0/s1. The largest absolute Gasteiger partial charge is 0.390 e. The van der Waals surface area contributed by atoms with Crippen LogP contribution in [0.2, 0.25) is 0 Å². The molecule has 3 N–H and O–H groups in total. The van der Waals surface area contributed by atoms with Crippen molar-refractivity contribution in [1.82, 2.24) is 15.2 Å². The van der Waals surface area contributed by atoms with E-state index in [0.717, 1.165) is 38.6 Å². The molecule has 30 heavy (non-hydrogen) atoms. The number of hydrogen-bond acceptors (Lipinski definition) is 4. The third kappa shape index (κ3) is 4.92. The highest BCUT2D eigenvalue weighted by Crippen LogP contribution is 2.63. The van der Waals surface area contributed by atoms with Gasteiger partial charge in [-0.1, -0.05) is 13.8 Å². The molecule has 1 aromatic heterocycles. The summed E-state index contributed by atoms with van der Waals surface area (Å²) >= 11 is 0. The predicted octanol–water partition coefficient (Wildman–Crippen LogP) is 2.99. The molecule has 0 spiro atoms. The van der Waals surface area contributed by atoms with Crippen LogP contribution in [0, 0.1) is 16.7 Å². The first-order valence-corrected chi connectivity index (χ1v) is 11.4. The van der Waals surface area contributed by atoms with Crippen LogP contribution < -0.4 is 10.6 Å². The molecule has 0 aliphatic heterocycles. The summed E-state index contributed by atoms with van der Waals surface area (Å²) in [7, 11) is 3.73. The fraction of sp³-hybridized carbons (Fsp3) is 0.792. The lowest BCUT2D eigenvalue weighted by molar-refractivity contribution is -0.123. The fourth-order valence-electron chi connectivity index (χ4n) is 6.15. The van der Waals surface area contributed by atoms with Crippen molar-refractivity contribution in [3.05, 3.63) is 24.0 Å². The molecule has 2 aliphatic rings. The van der Waals surface area contributed by atoms with Crippen LogP contribution >= 0.6 is 0 Å². The highest BCUT2D eigenvalue weighted by molar-refractivity contribution is 5.75. The lowest BCUT2D eigenvalue weighted by Gasteiger charge is -2.51. The Balaban J connectivity index is 1.77. The van der Waals surface area contributed by atoms with Gasteiger partial charge >= 0.3 is 0 Å². The minimum atomic E-state index is -0.612. The summed E-state index contributed by atoms with van der Waals surface area (Å²) in [5, 5.41) is 17.7. The highest BCUT2D eigenvalue weighted by Gasteiger charge is 2.61. The summed E-state index contributed by atoms with van der Waals surface area (Å²) in [4.78, 5) is 12.5. The minimum Gasteiger partial charge on any atom is -0.390 e. The van der Waals surface area contributed by atoms with Gasteiger partial charge in [-0.15, -0.1) is 0 Å². The first-order chi connectivity index (χ1) is 14.1. The van der Waals surface area contributed by atoms with E-state index < -0.39 is 5.60 Å². The first-order valence-electron chi connectivity index (χ1n) is 11.4. The Morgan fingerprint density at radius 2 is 2.07 bits per heavy atom. The van der Waals surface area contributed by atoms with E-state index in [0.29, 0.717) is 31.5 Å². The number of methoxy groups -OCH3 is 1. The van der Waals surface area contributed by atoms with Gasteiger partial charge in [-0.2, -0.15) is 0 Å². The van der Waals surface area contributed by atoms with Crippen LogP contribution in [0.5, 0.6) is 0 Å². The topological polar surface area (TPSA) is 75.5 Å². The molecule has 0 saturated heterocycles. The van der Waals surface area contributed by atoms with Gasteiger partial charge < -0.3 is 25.0 Å². The maximum absolute atomic E-state index is 12.5. The molecule has 1 heterocycles. The Morgan fingerprint density at radius 3 is 2.73 bits per heavy atom. The van der Waals surface area contributed by atoms with Crippen molar-refractivity contribution in [3.63, 3.8) is 0 Å². The average Bonchev–Trinajstić information content (AvgIpc) is 3.17. The number of amides is 1. The van der Waals surface area contributed by atoms with E-state index >= 15 is 0 Å². The smallest absolute Gasteiger partial charge is 0.220 e. The Bertz CT molecular complexity index is 727. The Kier molecular flexibility index (Phi) is 7.00. The number of aryl methyl sites for hydroxylation is 1. The third-order valence-electron chi connectivity index (χ3n) is 7.86. The number of ether oxygens (including phenoxy) is 1. The summed E-state index contributed by atoms with van der Waals surface area (Å²) in [5.74, 6) is 0.495. The number of carbonyl (C=O) groups excluding carboxylic acids is 1. The lowest BCUT2D eigenvalue weighted by atomic mass is 9.57. The third-order valence-corrected chi connectivity index (χ3v) is 7.86. The average molecular weight is 420 g/mol. The zero-order valence-electron chi connectivity index (χ0n) is 19.5. The van der Waals surface area contributed by atoms with Crippen LogP contribution in [0.25, 0.3) is 0 Å². The molecule has 2 fully saturated rings. The van der Waals surface area contributed by atoms with Gasteiger partial charge in [0.25, 0.3) is 0 Å². The second-order valence-corrected chi connectivity index (χ2v) is 10.6. The number of nitrogens with one attached hydrogen (secondary N) is 2. The van der Waals surface area contributed by atoms with Gasteiger partial charge in [0.05, 0.1) is 12.2 Å². The quantitative estimate of drug-likeness (QED) is 0.538. The van der Waals surface area contributed by atoms with Crippen molar-refractivity contribution in [2.24, 2.45) is 23.8 Å². The van der Waals surface area contributed by atoms with Gasteiger partial charge in [0.1, 0.15) is 0 Å². The van der Waals surface area contributed by atoms with Gasteiger partial charge in [-0.3, -0.25) is 4.79 Å². The fourth-order valence-corrected chi connectivity index (χ4v) is 6.15. The Hall–Kier alpha value is -1.37. The van der Waals surface area contributed by atoms with Crippen LogP contribution in [-0.2, 0) is 23.1 Å². The van der Waals surface area contributed by atoms with Crippen LogP contribution in [0.1, 0.15) is 65.0 Å². The van der Waals surface area contributed by atoms with Crippen molar-refractivity contribution in [2.45, 2.75) is 77.5 Å². The molecule has 4 atom stereocenters. The van der Waals surface area contributed by atoms with Crippen molar-refractivity contribution in [2.75, 3.05) is 20.3 Å². The number of hydrogen-bond donors (Lipinski definition) is 3. The van der Waals surface area contributed by atoms with Gasteiger partial charge in [0.2, 0.25) is 5.91 Å².